The SMILES string of the molecule is O/N=C1/c2ccsc2CCC12CCCC2. The lowest BCUT2D eigenvalue weighted by Crippen LogP contribution is -2.33. The predicted octanol–water partition coefficient (Wildman–Crippen LogP) is 3.43. The summed E-state index contributed by atoms with van der Waals surface area (Å²) in [5.41, 5.74) is 2.40. The van der Waals surface area contributed by atoms with Crippen LogP contribution in [-0.2, 0) is 6.42 Å². The minimum absolute atomic E-state index is 0.211. The third-order valence-corrected chi connectivity index (χ3v) is 4.97. The Labute approximate surface area is 93.6 Å². The minimum Gasteiger partial charge on any atom is -0.411 e. The lowest BCUT2D eigenvalue weighted by Gasteiger charge is -2.33. The van der Waals surface area contributed by atoms with Crippen LogP contribution >= 0.6 is 11.3 Å². The second kappa shape index (κ2) is 3.34. The first-order chi connectivity index (χ1) is 7.36. The van der Waals surface area contributed by atoms with Crippen LogP contribution in [0.1, 0.15) is 42.5 Å². The van der Waals surface area contributed by atoms with Crippen LogP contribution < -0.4 is 0 Å². The van der Waals surface area contributed by atoms with E-state index in [1.54, 1.807) is 11.3 Å². The van der Waals surface area contributed by atoms with Crippen molar-refractivity contribution in [2.45, 2.75) is 38.5 Å². The number of thiophene rings is 1. The minimum atomic E-state index is 0.211. The second-order valence-electron chi connectivity index (χ2n) is 4.69. The molecule has 1 N–H and O–H groups in total. The van der Waals surface area contributed by atoms with Gasteiger partial charge in [-0.2, -0.15) is 0 Å². The van der Waals surface area contributed by atoms with Crippen LogP contribution in [-0.4, -0.2) is 10.9 Å². The van der Waals surface area contributed by atoms with Gasteiger partial charge in [0.05, 0.1) is 5.71 Å². The highest BCUT2D eigenvalue weighted by Crippen LogP contribution is 2.48. The number of fused-ring (bicyclic) bond motifs is 1. The molecule has 1 spiro atoms. The summed E-state index contributed by atoms with van der Waals surface area (Å²) in [5.74, 6) is 0. The molecule has 0 bridgehead atoms. The van der Waals surface area contributed by atoms with Crippen LogP contribution in [0.15, 0.2) is 16.6 Å². The van der Waals surface area contributed by atoms with E-state index in [-0.39, 0.29) is 5.41 Å². The zero-order valence-electron chi connectivity index (χ0n) is 8.70. The van der Waals surface area contributed by atoms with E-state index in [2.05, 4.69) is 16.6 Å². The fourth-order valence-corrected chi connectivity index (χ4v) is 4.08. The van der Waals surface area contributed by atoms with E-state index < -0.39 is 0 Å². The molecule has 80 valence electrons. The van der Waals surface area contributed by atoms with Gasteiger partial charge in [0.25, 0.3) is 0 Å². The number of rotatable bonds is 0. The van der Waals surface area contributed by atoms with Crippen LogP contribution in [0.3, 0.4) is 0 Å². The third-order valence-electron chi connectivity index (χ3n) is 3.99. The van der Waals surface area contributed by atoms with E-state index in [9.17, 15) is 5.21 Å². The Balaban J connectivity index is 2.09. The molecular weight excluding hydrogens is 206 g/mol. The maximum absolute atomic E-state index is 9.27. The summed E-state index contributed by atoms with van der Waals surface area (Å²) in [7, 11) is 0. The van der Waals surface area contributed by atoms with Crippen molar-refractivity contribution >= 4 is 17.0 Å². The highest BCUT2D eigenvalue weighted by molar-refractivity contribution is 7.10. The van der Waals surface area contributed by atoms with Crippen LogP contribution in [0, 0.1) is 5.41 Å². The van der Waals surface area contributed by atoms with Gasteiger partial charge in [0.1, 0.15) is 0 Å². The first kappa shape index (κ1) is 9.40. The van der Waals surface area contributed by atoms with Crippen molar-refractivity contribution in [1.82, 2.24) is 0 Å². The van der Waals surface area contributed by atoms with Gasteiger partial charge >= 0.3 is 0 Å². The second-order valence-corrected chi connectivity index (χ2v) is 5.69. The number of hydrogen-bond donors (Lipinski definition) is 1. The maximum Gasteiger partial charge on any atom is 0.0940 e. The van der Waals surface area contributed by atoms with Gasteiger partial charge in [0, 0.05) is 15.9 Å². The van der Waals surface area contributed by atoms with E-state index in [1.807, 2.05) is 0 Å². The molecule has 2 nitrogen and oxygen atoms in total. The lowest BCUT2D eigenvalue weighted by atomic mass is 9.71. The fraction of sp³-hybridized carbons (Fsp3) is 0.583. The molecule has 0 aromatic carbocycles. The van der Waals surface area contributed by atoms with Crippen LogP contribution in [0.4, 0.5) is 0 Å². The molecule has 15 heavy (non-hydrogen) atoms. The Morgan fingerprint density at radius 3 is 2.80 bits per heavy atom. The largest absolute Gasteiger partial charge is 0.411 e. The predicted molar refractivity (Wildman–Crippen MR) is 61.9 cm³/mol. The molecule has 0 aliphatic heterocycles. The van der Waals surface area contributed by atoms with Crippen molar-refractivity contribution in [2.24, 2.45) is 10.6 Å². The summed E-state index contributed by atoms with van der Waals surface area (Å²) in [6.07, 6.45) is 7.35. The molecule has 2 aliphatic carbocycles. The lowest BCUT2D eigenvalue weighted by molar-refractivity contribution is 0.297. The molecule has 1 aromatic heterocycles. The summed E-state index contributed by atoms with van der Waals surface area (Å²) in [4.78, 5) is 1.40. The standard InChI is InChI=1S/C12H15NOS/c14-13-11-9-4-8-15-10(9)3-7-12(11)5-1-2-6-12/h4,8,14H,1-3,5-7H2/b13-11-. The molecule has 0 amide bonds. The number of aryl methyl sites for hydroxylation is 1. The van der Waals surface area contributed by atoms with E-state index in [1.165, 1.54) is 49.0 Å². The highest BCUT2D eigenvalue weighted by Gasteiger charge is 2.43. The molecule has 3 rings (SSSR count). The van der Waals surface area contributed by atoms with Crippen molar-refractivity contribution in [3.8, 4) is 0 Å². The smallest absolute Gasteiger partial charge is 0.0940 e. The quantitative estimate of drug-likeness (QED) is 0.528. The molecule has 1 aromatic rings. The molecule has 0 atom stereocenters. The van der Waals surface area contributed by atoms with E-state index in [0.717, 1.165) is 5.71 Å². The molecule has 0 radical (unpaired) electrons. The van der Waals surface area contributed by atoms with Crippen molar-refractivity contribution in [3.05, 3.63) is 21.9 Å². The zero-order chi connectivity index (χ0) is 10.3. The summed E-state index contributed by atoms with van der Waals surface area (Å²) in [6.45, 7) is 0. The van der Waals surface area contributed by atoms with Gasteiger partial charge < -0.3 is 5.21 Å². The summed E-state index contributed by atoms with van der Waals surface area (Å²) < 4.78 is 0. The summed E-state index contributed by atoms with van der Waals surface area (Å²) in [6, 6.07) is 2.12. The Morgan fingerprint density at radius 2 is 2.07 bits per heavy atom. The first-order valence-corrected chi connectivity index (χ1v) is 6.53. The normalized spacial score (nSPS) is 26.0. The molecule has 0 unspecified atom stereocenters. The first-order valence-electron chi connectivity index (χ1n) is 5.65. The molecule has 3 heteroatoms. The van der Waals surface area contributed by atoms with Crippen LogP contribution in [0.5, 0.6) is 0 Å². The van der Waals surface area contributed by atoms with Gasteiger partial charge in [0.2, 0.25) is 0 Å². The van der Waals surface area contributed by atoms with Gasteiger partial charge in [-0.25, -0.2) is 0 Å². The van der Waals surface area contributed by atoms with Gasteiger partial charge in [-0.1, -0.05) is 18.0 Å². The molecule has 1 fully saturated rings. The number of nitrogens with zero attached hydrogens (tertiary/aromatic N) is 1. The fourth-order valence-electron chi connectivity index (χ4n) is 3.20. The maximum atomic E-state index is 9.27. The molecule has 0 saturated heterocycles. The van der Waals surface area contributed by atoms with E-state index >= 15 is 0 Å². The summed E-state index contributed by atoms with van der Waals surface area (Å²) in [5, 5.41) is 15.0. The topological polar surface area (TPSA) is 32.6 Å². The monoisotopic (exact) mass is 221 g/mol. The van der Waals surface area contributed by atoms with E-state index in [0.29, 0.717) is 0 Å². The van der Waals surface area contributed by atoms with Crippen LogP contribution in [0.25, 0.3) is 0 Å². The molecule has 1 heterocycles. The summed E-state index contributed by atoms with van der Waals surface area (Å²) >= 11 is 1.79. The highest BCUT2D eigenvalue weighted by atomic mass is 32.1. The Hall–Kier alpha value is -0.830. The van der Waals surface area contributed by atoms with Gasteiger partial charge in [-0.05, 0) is 37.1 Å². The molecular formula is C12H15NOS. The molecule has 2 aliphatic rings. The third kappa shape index (κ3) is 1.26. The number of oxime groups is 1. The van der Waals surface area contributed by atoms with Crippen molar-refractivity contribution < 1.29 is 5.21 Å². The van der Waals surface area contributed by atoms with Gasteiger partial charge in [-0.15, -0.1) is 11.3 Å². The van der Waals surface area contributed by atoms with Crippen LogP contribution in [0.2, 0.25) is 0 Å². The van der Waals surface area contributed by atoms with Crippen molar-refractivity contribution in [1.29, 1.82) is 0 Å². The average Bonchev–Trinajstić information content (AvgIpc) is 2.87. The van der Waals surface area contributed by atoms with Gasteiger partial charge in [-0.3, -0.25) is 0 Å². The Kier molecular flexibility index (Phi) is 2.09. The Bertz CT molecular complexity index is 402. The average molecular weight is 221 g/mol. The zero-order valence-corrected chi connectivity index (χ0v) is 9.52. The van der Waals surface area contributed by atoms with E-state index in [4.69, 9.17) is 0 Å². The van der Waals surface area contributed by atoms with Crippen molar-refractivity contribution in [3.63, 3.8) is 0 Å². The van der Waals surface area contributed by atoms with Gasteiger partial charge in [0.15, 0.2) is 0 Å². The number of hydrogen-bond acceptors (Lipinski definition) is 3. The Morgan fingerprint density at radius 1 is 1.27 bits per heavy atom. The molecule has 1 saturated carbocycles. The van der Waals surface area contributed by atoms with Crippen molar-refractivity contribution in [2.75, 3.05) is 0 Å².